The van der Waals surface area contributed by atoms with Gasteiger partial charge in [0.25, 0.3) is 0 Å². The molecular formula is C18H22N4O2S. The molecule has 0 unspecified atom stereocenters. The van der Waals surface area contributed by atoms with Crippen LogP contribution in [0.25, 0.3) is 0 Å². The van der Waals surface area contributed by atoms with E-state index in [1.807, 2.05) is 32.0 Å². The van der Waals surface area contributed by atoms with Crippen LogP contribution in [0, 0.1) is 5.92 Å². The van der Waals surface area contributed by atoms with Crippen molar-refractivity contribution < 1.29 is 9.59 Å². The van der Waals surface area contributed by atoms with Crippen molar-refractivity contribution in [1.82, 2.24) is 15.1 Å². The number of hydrogen-bond acceptors (Lipinski definition) is 5. The van der Waals surface area contributed by atoms with Gasteiger partial charge in [-0.1, -0.05) is 41.7 Å². The molecule has 0 bridgehead atoms. The van der Waals surface area contributed by atoms with E-state index >= 15 is 0 Å². The number of benzene rings is 1. The highest BCUT2D eigenvalue weighted by Crippen LogP contribution is 2.23. The molecule has 0 radical (unpaired) electrons. The molecule has 1 saturated heterocycles. The summed E-state index contributed by atoms with van der Waals surface area (Å²) < 4.78 is 0. The third kappa shape index (κ3) is 4.42. The average molecular weight is 358 g/mol. The van der Waals surface area contributed by atoms with Gasteiger partial charge in [-0.05, 0) is 25.8 Å². The molecule has 1 fully saturated rings. The molecule has 0 spiro atoms. The van der Waals surface area contributed by atoms with Crippen LogP contribution in [-0.4, -0.2) is 39.5 Å². The lowest BCUT2D eigenvalue weighted by Gasteiger charge is -2.20. The van der Waals surface area contributed by atoms with Crippen LogP contribution in [0.3, 0.4) is 0 Å². The molecule has 1 aliphatic rings. The van der Waals surface area contributed by atoms with Crippen LogP contribution in [-0.2, 0) is 22.4 Å². The van der Waals surface area contributed by atoms with Crippen molar-refractivity contribution in [3.8, 4) is 0 Å². The van der Waals surface area contributed by atoms with E-state index in [1.165, 1.54) is 16.9 Å². The van der Waals surface area contributed by atoms with Gasteiger partial charge in [-0.15, -0.1) is 10.2 Å². The molecule has 1 aromatic heterocycles. The van der Waals surface area contributed by atoms with Gasteiger partial charge >= 0.3 is 0 Å². The summed E-state index contributed by atoms with van der Waals surface area (Å²) in [6.45, 7) is 4.39. The Morgan fingerprint density at radius 1 is 1.28 bits per heavy atom. The number of carbonyl (C=O) groups excluding carboxylic acids is 2. The maximum absolute atomic E-state index is 12.4. The number of anilines is 1. The Labute approximate surface area is 151 Å². The van der Waals surface area contributed by atoms with Gasteiger partial charge in [0.2, 0.25) is 16.9 Å². The number of carbonyl (C=O) groups is 2. The molecule has 6 nitrogen and oxygen atoms in total. The molecular weight excluding hydrogens is 336 g/mol. The van der Waals surface area contributed by atoms with Crippen LogP contribution < -0.4 is 5.32 Å². The van der Waals surface area contributed by atoms with Gasteiger partial charge in [0, 0.05) is 25.4 Å². The van der Waals surface area contributed by atoms with E-state index < -0.39 is 0 Å². The summed E-state index contributed by atoms with van der Waals surface area (Å²) in [5.41, 5.74) is 1.25. The normalized spacial score (nSPS) is 17.3. The van der Waals surface area contributed by atoms with E-state index in [1.54, 1.807) is 4.90 Å². The average Bonchev–Trinajstić information content (AvgIpc) is 3.20. The first-order valence-electron chi connectivity index (χ1n) is 8.49. The van der Waals surface area contributed by atoms with Crippen LogP contribution in [0.4, 0.5) is 5.13 Å². The lowest BCUT2D eigenvalue weighted by molar-refractivity contribution is -0.129. The van der Waals surface area contributed by atoms with Crippen molar-refractivity contribution in [2.45, 2.75) is 39.2 Å². The Morgan fingerprint density at radius 3 is 2.72 bits per heavy atom. The van der Waals surface area contributed by atoms with Gasteiger partial charge in [0.15, 0.2) is 0 Å². The summed E-state index contributed by atoms with van der Waals surface area (Å²) >= 11 is 1.39. The SMILES string of the molecule is CC(C)N1C[C@H](C(=O)Nc2nnc(CCc3ccccc3)s2)CC1=O. The second-order valence-electron chi connectivity index (χ2n) is 6.52. The molecule has 7 heteroatoms. The summed E-state index contributed by atoms with van der Waals surface area (Å²) in [5.74, 6) is -0.426. The van der Waals surface area contributed by atoms with Crippen molar-refractivity contribution in [3.63, 3.8) is 0 Å². The Morgan fingerprint density at radius 2 is 2.04 bits per heavy atom. The largest absolute Gasteiger partial charge is 0.339 e. The second kappa shape index (κ2) is 7.74. The molecule has 0 saturated carbocycles. The van der Waals surface area contributed by atoms with Crippen molar-refractivity contribution in [1.29, 1.82) is 0 Å². The number of aryl methyl sites for hydroxylation is 2. The first kappa shape index (κ1) is 17.5. The molecule has 3 rings (SSSR count). The standard InChI is InChI=1S/C18H22N4O2S/c1-12(2)22-11-14(10-16(22)23)17(24)19-18-21-20-15(25-18)9-8-13-6-4-3-5-7-13/h3-7,12,14H,8-11H2,1-2H3,(H,19,21,24)/t14-/m1/s1. The van der Waals surface area contributed by atoms with Gasteiger partial charge in [-0.2, -0.15) is 0 Å². The van der Waals surface area contributed by atoms with Crippen LogP contribution in [0.15, 0.2) is 30.3 Å². The maximum atomic E-state index is 12.4. The van der Waals surface area contributed by atoms with Crippen molar-refractivity contribution >= 4 is 28.3 Å². The number of likely N-dealkylation sites (tertiary alicyclic amines) is 1. The zero-order valence-electron chi connectivity index (χ0n) is 14.4. The van der Waals surface area contributed by atoms with Gasteiger partial charge in [0.05, 0.1) is 5.92 Å². The van der Waals surface area contributed by atoms with E-state index in [2.05, 4.69) is 27.6 Å². The summed E-state index contributed by atoms with van der Waals surface area (Å²) in [7, 11) is 0. The smallest absolute Gasteiger partial charge is 0.231 e. The fourth-order valence-corrected chi connectivity index (χ4v) is 3.66. The third-order valence-electron chi connectivity index (χ3n) is 4.32. The molecule has 1 aromatic carbocycles. The number of nitrogens with one attached hydrogen (secondary N) is 1. The molecule has 2 aromatic rings. The second-order valence-corrected chi connectivity index (χ2v) is 7.58. The van der Waals surface area contributed by atoms with Crippen LogP contribution in [0.1, 0.15) is 30.8 Å². The molecule has 2 amide bonds. The zero-order chi connectivity index (χ0) is 17.8. The van der Waals surface area contributed by atoms with Gasteiger partial charge in [-0.25, -0.2) is 0 Å². The molecule has 1 atom stereocenters. The molecule has 1 aliphatic heterocycles. The van der Waals surface area contributed by atoms with E-state index in [-0.39, 0.29) is 30.2 Å². The lowest BCUT2D eigenvalue weighted by Crippen LogP contribution is -2.33. The predicted molar refractivity (Wildman–Crippen MR) is 97.3 cm³/mol. The minimum absolute atomic E-state index is 0.0379. The summed E-state index contributed by atoms with van der Waals surface area (Å²) in [6, 6.07) is 10.3. The van der Waals surface area contributed by atoms with Crippen molar-refractivity contribution in [3.05, 3.63) is 40.9 Å². The summed E-state index contributed by atoms with van der Waals surface area (Å²) in [5, 5.41) is 12.4. The number of hydrogen-bond donors (Lipinski definition) is 1. The minimum Gasteiger partial charge on any atom is -0.339 e. The highest BCUT2D eigenvalue weighted by Gasteiger charge is 2.35. The van der Waals surface area contributed by atoms with E-state index in [4.69, 9.17) is 0 Å². The third-order valence-corrected chi connectivity index (χ3v) is 5.22. The number of aromatic nitrogens is 2. The maximum Gasteiger partial charge on any atom is 0.231 e. The van der Waals surface area contributed by atoms with E-state index in [0.29, 0.717) is 11.7 Å². The predicted octanol–water partition coefficient (Wildman–Crippen LogP) is 2.52. The number of nitrogens with zero attached hydrogens (tertiary/aromatic N) is 3. The molecule has 25 heavy (non-hydrogen) atoms. The molecule has 2 heterocycles. The van der Waals surface area contributed by atoms with Crippen LogP contribution >= 0.6 is 11.3 Å². The van der Waals surface area contributed by atoms with Crippen molar-refractivity contribution in [2.75, 3.05) is 11.9 Å². The lowest BCUT2D eigenvalue weighted by atomic mass is 10.1. The number of rotatable bonds is 6. The number of amides is 2. The monoisotopic (exact) mass is 358 g/mol. The highest BCUT2D eigenvalue weighted by molar-refractivity contribution is 7.15. The van der Waals surface area contributed by atoms with Gasteiger partial charge in [-0.3, -0.25) is 9.59 Å². The van der Waals surface area contributed by atoms with E-state index in [0.717, 1.165) is 17.8 Å². The Hall–Kier alpha value is -2.28. The first-order chi connectivity index (χ1) is 12.0. The Kier molecular flexibility index (Phi) is 5.43. The quantitative estimate of drug-likeness (QED) is 0.861. The fraction of sp³-hybridized carbons (Fsp3) is 0.444. The fourth-order valence-electron chi connectivity index (χ4n) is 2.91. The van der Waals surface area contributed by atoms with Crippen LogP contribution in [0.5, 0.6) is 0 Å². The van der Waals surface area contributed by atoms with Gasteiger partial charge in [0.1, 0.15) is 5.01 Å². The molecule has 0 aliphatic carbocycles. The first-order valence-corrected chi connectivity index (χ1v) is 9.31. The van der Waals surface area contributed by atoms with Gasteiger partial charge < -0.3 is 10.2 Å². The van der Waals surface area contributed by atoms with E-state index in [9.17, 15) is 9.59 Å². The Balaban J connectivity index is 1.53. The zero-order valence-corrected chi connectivity index (χ0v) is 15.3. The molecule has 1 N–H and O–H groups in total. The Bertz CT molecular complexity index is 745. The highest BCUT2D eigenvalue weighted by atomic mass is 32.1. The minimum atomic E-state index is -0.313. The molecule has 132 valence electrons. The van der Waals surface area contributed by atoms with Crippen LogP contribution in [0.2, 0.25) is 0 Å². The summed E-state index contributed by atoms with van der Waals surface area (Å²) in [6.07, 6.45) is 1.95. The topological polar surface area (TPSA) is 75.2 Å². The van der Waals surface area contributed by atoms with Crippen molar-refractivity contribution in [2.24, 2.45) is 5.92 Å². The summed E-state index contributed by atoms with van der Waals surface area (Å²) in [4.78, 5) is 26.0.